The van der Waals surface area contributed by atoms with Gasteiger partial charge in [0.15, 0.2) is 5.78 Å². The Morgan fingerprint density at radius 1 is 1.13 bits per heavy atom. The molecule has 1 heterocycles. The predicted octanol–water partition coefficient (Wildman–Crippen LogP) is 3.95. The number of Topliss-reactive ketones (excluding diaryl/α,β-unsaturated/α-hetero) is 1. The van der Waals surface area contributed by atoms with Crippen LogP contribution < -0.4 is 10.2 Å². The van der Waals surface area contributed by atoms with Crippen molar-refractivity contribution in [2.24, 2.45) is 5.92 Å². The molecule has 0 aliphatic carbocycles. The number of carbonyl (C=O) groups is 3. The largest absolute Gasteiger partial charge is 0.346 e. The van der Waals surface area contributed by atoms with Crippen LogP contribution in [0, 0.1) is 17.8 Å². The van der Waals surface area contributed by atoms with Crippen LogP contribution in [0.15, 0.2) is 60.7 Å². The standard InChI is InChI=1S/C26H30N2O3/c1-19(2)26(21(4)29)27-24(30)16-17-25(31)28-18-10-6-5-7-11-20(3)14-15-22-12-8-9-13-23(22)28/h5-9,11-13,19,26H,3,10,16-18H2,1-2,4H3,(H,27,30)/b6-5-,11-7-/t26-/m0/s1. The highest BCUT2D eigenvalue weighted by Gasteiger charge is 2.22. The van der Waals surface area contributed by atoms with Gasteiger partial charge >= 0.3 is 0 Å². The van der Waals surface area contributed by atoms with Gasteiger partial charge in [-0.3, -0.25) is 14.4 Å². The number of anilines is 1. The van der Waals surface area contributed by atoms with Crippen LogP contribution >= 0.6 is 0 Å². The Morgan fingerprint density at radius 2 is 1.87 bits per heavy atom. The van der Waals surface area contributed by atoms with Crippen LogP contribution in [0.1, 0.15) is 45.6 Å². The molecule has 0 aromatic heterocycles. The molecular weight excluding hydrogens is 388 g/mol. The summed E-state index contributed by atoms with van der Waals surface area (Å²) in [5.74, 6) is 5.55. The normalized spacial score (nSPS) is 16.6. The topological polar surface area (TPSA) is 66.5 Å². The average molecular weight is 419 g/mol. The lowest BCUT2D eigenvalue weighted by atomic mass is 10.0. The third kappa shape index (κ3) is 7.42. The van der Waals surface area contributed by atoms with E-state index >= 15 is 0 Å². The van der Waals surface area contributed by atoms with Crippen molar-refractivity contribution in [3.05, 3.63) is 66.3 Å². The maximum atomic E-state index is 13.1. The molecule has 2 amide bonds. The summed E-state index contributed by atoms with van der Waals surface area (Å²) in [7, 11) is 0. The van der Waals surface area contributed by atoms with Crippen LogP contribution in [-0.2, 0) is 14.4 Å². The Balaban J connectivity index is 2.18. The average Bonchev–Trinajstić information content (AvgIpc) is 2.72. The molecule has 0 fully saturated rings. The van der Waals surface area contributed by atoms with E-state index in [9.17, 15) is 14.4 Å². The minimum absolute atomic E-state index is 0.00625. The Hall–Kier alpha value is -3.39. The summed E-state index contributed by atoms with van der Waals surface area (Å²) in [5, 5.41) is 2.74. The van der Waals surface area contributed by atoms with Crippen molar-refractivity contribution in [3.8, 4) is 11.8 Å². The Bertz CT molecular complexity index is 960. The molecule has 0 unspecified atom stereocenters. The van der Waals surface area contributed by atoms with E-state index in [2.05, 4.69) is 23.7 Å². The van der Waals surface area contributed by atoms with Crippen LogP contribution in [0.2, 0.25) is 0 Å². The first-order valence-corrected chi connectivity index (χ1v) is 10.5. The number of benzene rings is 1. The van der Waals surface area contributed by atoms with Crippen molar-refractivity contribution < 1.29 is 14.4 Å². The number of allylic oxidation sites excluding steroid dienone is 4. The van der Waals surface area contributed by atoms with E-state index in [4.69, 9.17) is 0 Å². The van der Waals surface area contributed by atoms with E-state index in [1.54, 1.807) is 4.90 Å². The molecule has 0 saturated heterocycles. The second-order valence-corrected chi connectivity index (χ2v) is 7.81. The van der Waals surface area contributed by atoms with Crippen molar-refractivity contribution in [2.75, 3.05) is 11.4 Å². The molecule has 0 radical (unpaired) electrons. The Morgan fingerprint density at radius 3 is 2.58 bits per heavy atom. The fourth-order valence-corrected chi connectivity index (χ4v) is 3.27. The van der Waals surface area contributed by atoms with Gasteiger partial charge in [-0.25, -0.2) is 0 Å². The maximum Gasteiger partial charge on any atom is 0.227 e. The molecule has 162 valence electrons. The molecule has 1 aromatic carbocycles. The Labute approximate surface area is 184 Å². The van der Waals surface area contributed by atoms with Crippen molar-refractivity contribution >= 4 is 23.3 Å². The van der Waals surface area contributed by atoms with Crippen molar-refractivity contribution in [2.45, 2.75) is 46.1 Å². The minimum Gasteiger partial charge on any atom is -0.346 e. The lowest BCUT2D eigenvalue weighted by Crippen LogP contribution is -2.43. The molecule has 0 spiro atoms. The maximum absolute atomic E-state index is 13.1. The molecule has 1 atom stereocenters. The number of para-hydroxylation sites is 1. The van der Waals surface area contributed by atoms with E-state index in [0.29, 0.717) is 18.5 Å². The molecule has 1 aliphatic rings. The van der Waals surface area contributed by atoms with Gasteiger partial charge in [0.1, 0.15) is 0 Å². The summed E-state index contributed by atoms with van der Waals surface area (Å²) >= 11 is 0. The van der Waals surface area contributed by atoms with Gasteiger partial charge in [-0.2, -0.15) is 0 Å². The summed E-state index contributed by atoms with van der Waals surface area (Å²) in [6.07, 6.45) is 8.35. The smallest absolute Gasteiger partial charge is 0.227 e. The summed E-state index contributed by atoms with van der Waals surface area (Å²) in [6, 6.07) is 6.94. The quantitative estimate of drug-likeness (QED) is 0.712. The molecule has 1 aliphatic heterocycles. The zero-order valence-electron chi connectivity index (χ0n) is 18.5. The van der Waals surface area contributed by atoms with Gasteiger partial charge in [0.05, 0.1) is 11.7 Å². The summed E-state index contributed by atoms with van der Waals surface area (Å²) in [6.45, 7) is 9.62. The second-order valence-electron chi connectivity index (χ2n) is 7.81. The van der Waals surface area contributed by atoms with Crippen molar-refractivity contribution in [3.63, 3.8) is 0 Å². The molecule has 2 rings (SSSR count). The highest BCUT2D eigenvalue weighted by atomic mass is 16.2. The summed E-state index contributed by atoms with van der Waals surface area (Å²) < 4.78 is 0. The van der Waals surface area contributed by atoms with Crippen LogP contribution in [0.5, 0.6) is 0 Å². The minimum atomic E-state index is -0.536. The number of amides is 2. The van der Waals surface area contributed by atoms with Crippen LogP contribution in [0.3, 0.4) is 0 Å². The zero-order chi connectivity index (χ0) is 22.8. The first-order valence-electron chi connectivity index (χ1n) is 10.5. The van der Waals surface area contributed by atoms with E-state index < -0.39 is 6.04 Å². The lowest BCUT2D eigenvalue weighted by molar-refractivity contribution is -0.129. The monoisotopic (exact) mass is 418 g/mol. The zero-order valence-corrected chi connectivity index (χ0v) is 18.5. The SMILES string of the molecule is C=C1C#Cc2ccccc2N(C(=O)CCC(=O)N[C@H](C(C)=O)C(C)C)CC/C=C\C=C/1. The second kappa shape index (κ2) is 11.7. The van der Waals surface area contributed by atoms with E-state index in [1.165, 1.54) is 6.92 Å². The van der Waals surface area contributed by atoms with E-state index in [1.807, 2.05) is 62.4 Å². The van der Waals surface area contributed by atoms with Gasteiger partial charge in [0, 0.05) is 30.5 Å². The highest BCUT2D eigenvalue weighted by Crippen LogP contribution is 2.22. The first kappa shape index (κ1) is 23.9. The van der Waals surface area contributed by atoms with Crippen LogP contribution in [0.4, 0.5) is 5.69 Å². The van der Waals surface area contributed by atoms with Crippen LogP contribution in [0.25, 0.3) is 0 Å². The van der Waals surface area contributed by atoms with Crippen molar-refractivity contribution in [1.29, 1.82) is 0 Å². The van der Waals surface area contributed by atoms with Gasteiger partial charge in [-0.15, -0.1) is 0 Å². The molecule has 5 heteroatoms. The van der Waals surface area contributed by atoms with E-state index in [-0.39, 0.29) is 36.4 Å². The van der Waals surface area contributed by atoms with E-state index in [0.717, 1.165) is 11.3 Å². The van der Waals surface area contributed by atoms with Gasteiger partial charge < -0.3 is 10.2 Å². The lowest BCUT2D eigenvalue weighted by Gasteiger charge is -2.24. The number of carbonyl (C=O) groups excluding carboxylic acids is 3. The first-order chi connectivity index (χ1) is 14.8. The molecule has 0 bridgehead atoms. The van der Waals surface area contributed by atoms with Crippen LogP contribution in [-0.4, -0.2) is 30.2 Å². The molecule has 0 saturated carbocycles. The Kier molecular flexibility index (Phi) is 9.02. The van der Waals surface area contributed by atoms with Gasteiger partial charge in [0.2, 0.25) is 11.8 Å². The van der Waals surface area contributed by atoms with Gasteiger partial charge in [-0.1, -0.05) is 62.6 Å². The molecule has 1 aromatic rings. The highest BCUT2D eigenvalue weighted by molar-refractivity contribution is 5.97. The summed E-state index contributed by atoms with van der Waals surface area (Å²) in [5.41, 5.74) is 2.13. The summed E-state index contributed by atoms with van der Waals surface area (Å²) in [4.78, 5) is 38.8. The number of nitrogens with zero attached hydrogens (tertiary/aromatic N) is 1. The van der Waals surface area contributed by atoms with Crippen molar-refractivity contribution in [1.82, 2.24) is 5.32 Å². The predicted molar refractivity (Wildman–Crippen MR) is 124 cm³/mol. The molecule has 5 nitrogen and oxygen atoms in total. The molecule has 1 N–H and O–H groups in total. The number of nitrogens with one attached hydrogen (secondary N) is 1. The van der Waals surface area contributed by atoms with Gasteiger partial charge in [-0.05, 0) is 37.5 Å². The third-order valence-corrected chi connectivity index (χ3v) is 4.90. The fourth-order valence-electron chi connectivity index (χ4n) is 3.27. The number of rotatable bonds is 6. The third-order valence-electron chi connectivity index (χ3n) is 4.90. The fraction of sp³-hybridized carbons (Fsp3) is 0.346. The van der Waals surface area contributed by atoms with Gasteiger partial charge in [0.25, 0.3) is 0 Å². The number of hydrogen-bond acceptors (Lipinski definition) is 3. The number of hydrogen-bond donors (Lipinski definition) is 1. The number of ketones is 1. The molecule has 31 heavy (non-hydrogen) atoms. The molecular formula is C26H30N2O3. The number of fused-ring (bicyclic) bond motifs is 1.